The fourth-order valence-corrected chi connectivity index (χ4v) is 2.41. The molecule has 1 aromatic carbocycles. The lowest BCUT2D eigenvalue weighted by atomic mass is 10.4. The summed E-state index contributed by atoms with van der Waals surface area (Å²) in [5.41, 5.74) is 0. The Balaban J connectivity index is 2.71. The highest BCUT2D eigenvalue weighted by atomic mass is 31.2. The lowest BCUT2D eigenvalue weighted by Gasteiger charge is -1.73. The van der Waals surface area contributed by atoms with E-state index in [9.17, 15) is 4.57 Å². The average Bonchev–Trinajstić information content (AvgIpc) is 2.39. The molecule has 1 aromatic rings. The minimum absolute atomic E-state index is 0.630. The van der Waals surface area contributed by atoms with Crippen molar-refractivity contribution < 1.29 is 9.46 Å². The molecule has 0 atom stereocenters. The van der Waals surface area contributed by atoms with Crippen molar-refractivity contribution in [3.05, 3.63) is 24.3 Å². The summed E-state index contributed by atoms with van der Waals surface area (Å²) in [6.45, 7) is 0. The molecule has 0 aliphatic carbocycles. The Hall–Kier alpha value is -0.590. The van der Waals surface area contributed by atoms with E-state index in [2.05, 4.69) is 0 Å². The SMILES string of the molecule is O=P1(O)c2ccccc21. The molecular weight excluding hydrogens is 135 g/mol. The first-order valence-corrected chi connectivity index (χ1v) is 4.32. The summed E-state index contributed by atoms with van der Waals surface area (Å²) in [6, 6.07) is 6.93. The van der Waals surface area contributed by atoms with Crippen molar-refractivity contribution in [1.82, 2.24) is 0 Å². The zero-order chi connectivity index (χ0) is 6.48. The highest BCUT2D eigenvalue weighted by molar-refractivity contribution is 7.84. The molecule has 1 N–H and O–H groups in total. The molecule has 0 unspecified atom stereocenters. The number of hydrogen-bond donors (Lipinski definition) is 1. The van der Waals surface area contributed by atoms with E-state index in [-0.39, 0.29) is 0 Å². The van der Waals surface area contributed by atoms with Gasteiger partial charge in [-0.3, -0.25) is 4.57 Å². The van der Waals surface area contributed by atoms with Crippen LogP contribution >= 0.6 is 7.37 Å². The molecule has 1 aliphatic heterocycles. The summed E-state index contributed by atoms with van der Waals surface area (Å²) in [5.74, 6) is 0. The maximum Gasteiger partial charge on any atom is 0.260 e. The van der Waals surface area contributed by atoms with Crippen LogP contribution in [-0.4, -0.2) is 4.89 Å². The second kappa shape index (κ2) is 1.28. The highest BCUT2D eigenvalue weighted by Crippen LogP contribution is 2.49. The van der Waals surface area contributed by atoms with Gasteiger partial charge in [-0.15, -0.1) is 0 Å². The first-order valence-electron chi connectivity index (χ1n) is 2.66. The fraction of sp³-hybridized carbons (Fsp3) is 0. The lowest BCUT2D eigenvalue weighted by molar-refractivity contribution is 0.508. The average molecular weight is 140 g/mol. The van der Waals surface area contributed by atoms with Gasteiger partial charge in [0, 0.05) is 0 Å². The Bertz CT molecular complexity index is 279. The number of fused-ring (bicyclic) bond motifs is 1. The van der Waals surface area contributed by atoms with Crippen LogP contribution in [0, 0.1) is 0 Å². The van der Waals surface area contributed by atoms with Gasteiger partial charge in [0.1, 0.15) is 0 Å². The van der Waals surface area contributed by atoms with Gasteiger partial charge in [0.15, 0.2) is 0 Å². The van der Waals surface area contributed by atoms with E-state index < -0.39 is 7.37 Å². The van der Waals surface area contributed by atoms with Crippen LogP contribution in [0.4, 0.5) is 0 Å². The van der Waals surface area contributed by atoms with Crippen LogP contribution in [0.15, 0.2) is 24.3 Å². The molecule has 9 heavy (non-hydrogen) atoms. The monoisotopic (exact) mass is 140 g/mol. The van der Waals surface area contributed by atoms with Gasteiger partial charge in [0.25, 0.3) is 7.37 Å². The van der Waals surface area contributed by atoms with Crippen molar-refractivity contribution in [3.63, 3.8) is 0 Å². The van der Waals surface area contributed by atoms with Crippen molar-refractivity contribution >= 4 is 18.0 Å². The summed E-state index contributed by atoms with van der Waals surface area (Å²) in [5, 5.41) is 1.26. The van der Waals surface area contributed by atoms with Gasteiger partial charge in [-0.05, 0) is 12.1 Å². The number of rotatable bonds is 0. The normalized spacial score (nSPS) is 18.8. The number of hydrogen-bond acceptors (Lipinski definition) is 1. The third kappa shape index (κ3) is 0.521. The molecule has 0 fully saturated rings. The predicted octanol–water partition coefficient (Wildman–Crippen LogP) is 0.221. The van der Waals surface area contributed by atoms with Gasteiger partial charge in [-0.1, -0.05) is 12.1 Å². The smallest absolute Gasteiger partial charge is 0.260 e. The van der Waals surface area contributed by atoms with E-state index >= 15 is 0 Å². The quantitative estimate of drug-likeness (QED) is 0.523. The Labute approximate surface area is 52.6 Å². The van der Waals surface area contributed by atoms with Crippen LogP contribution in [-0.2, 0) is 4.57 Å². The molecule has 0 spiro atoms. The topological polar surface area (TPSA) is 37.3 Å². The summed E-state index contributed by atoms with van der Waals surface area (Å²) < 4.78 is 10.9. The summed E-state index contributed by atoms with van der Waals surface area (Å²) in [4.78, 5) is 8.97. The Morgan fingerprint density at radius 1 is 1.22 bits per heavy atom. The van der Waals surface area contributed by atoms with Crippen molar-refractivity contribution in [2.24, 2.45) is 0 Å². The molecular formula is C6H5O2P. The van der Waals surface area contributed by atoms with Crippen LogP contribution in [0.25, 0.3) is 0 Å². The minimum atomic E-state index is -2.89. The van der Waals surface area contributed by atoms with Crippen LogP contribution in [0.1, 0.15) is 0 Å². The van der Waals surface area contributed by atoms with E-state index in [0.29, 0.717) is 10.6 Å². The minimum Gasteiger partial charge on any atom is -0.338 e. The van der Waals surface area contributed by atoms with Gasteiger partial charge in [-0.25, -0.2) is 0 Å². The van der Waals surface area contributed by atoms with Crippen LogP contribution in [0.2, 0.25) is 0 Å². The van der Waals surface area contributed by atoms with E-state index in [1.807, 2.05) is 0 Å². The van der Waals surface area contributed by atoms with Crippen molar-refractivity contribution in [1.29, 1.82) is 0 Å². The molecule has 0 bridgehead atoms. The summed E-state index contributed by atoms with van der Waals surface area (Å²) >= 11 is 0. The maximum absolute atomic E-state index is 10.9. The van der Waals surface area contributed by atoms with E-state index in [4.69, 9.17) is 4.89 Å². The first kappa shape index (κ1) is 5.21. The van der Waals surface area contributed by atoms with Gasteiger partial charge in [0.2, 0.25) is 0 Å². The molecule has 1 heterocycles. The third-order valence-electron chi connectivity index (χ3n) is 1.48. The Morgan fingerprint density at radius 2 is 1.67 bits per heavy atom. The van der Waals surface area contributed by atoms with E-state index in [1.165, 1.54) is 0 Å². The zero-order valence-electron chi connectivity index (χ0n) is 4.61. The second-order valence-electron chi connectivity index (χ2n) is 2.06. The maximum atomic E-state index is 10.9. The molecule has 46 valence electrons. The van der Waals surface area contributed by atoms with Gasteiger partial charge < -0.3 is 4.89 Å². The molecule has 2 rings (SSSR count). The van der Waals surface area contributed by atoms with E-state index in [0.717, 1.165) is 0 Å². The van der Waals surface area contributed by atoms with Crippen LogP contribution in [0.5, 0.6) is 0 Å². The molecule has 0 saturated heterocycles. The molecule has 0 radical (unpaired) electrons. The molecule has 0 saturated carbocycles. The second-order valence-corrected chi connectivity index (χ2v) is 4.18. The molecule has 3 heteroatoms. The highest BCUT2D eigenvalue weighted by Gasteiger charge is 2.43. The fourth-order valence-electron chi connectivity index (χ4n) is 0.921. The third-order valence-corrected chi connectivity index (χ3v) is 3.35. The summed E-state index contributed by atoms with van der Waals surface area (Å²) in [6.07, 6.45) is 0. The Morgan fingerprint density at radius 3 is 2.00 bits per heavy atom. The van der Waals surface area contributed by atoms with Gasteiger partial charge in [0.05, 0.1) is 10.6 Å². The summed E-state index contributed by atoms with van der Waals surface area (Å²) in [7, 11) is -2.89. The zero-order valence-corrected chi connectivity index (χ0v) is 5.51. The largest absolute Gasteiger partial charge is 0.338 e. The number of benzene rings is 1. The van der Waals surface area contributed by atoms with Crippen LogP contribution in [0.3, 0.4) is 0 Å². The molecule has 1 aliphatic rings. The molecule has 2 nitrogen and oxygen atoms in total. The lowest BCUT2D eigenvalue weighted by Crippen LogP contribution is -1.83. The van der Waals surface area contributed by atoms with Crippen molar-refractivity contribution in [2.75, 3.05) is 0 Å². The van der Waals surface area contributed by atoms with Crippen molar-refractivity contribution in [2.45, 2.75) is 0 Å². The predicted molar refractivity (Wildman–Crippen MR) is 35.5 cm³/mol. The standard InChI is InChI=1S/C6H5O2P/c7-9(8)5-3-1-2-4-6(5)9/h1-4H,(H,7,8). The Kier molecular flexibility index (Phi) is 0.743. The van der Waals surface area contributed by atoms with Crippen LogP contribution < -0.4 is 10.6 Å². The molecule has 0 aromatic heterocycles. The van der Waals surface area contributed by atoms with Gasteiger partial charge >= 0.3 is 0 Å². The van der Waals surface area contributed by atoms with Gasteiger partial charge in [-0.2, -0.15) is 0 Å². The first-order chi connectivity index (χ1) is 4.23. The van der Waals surface area contributed by atoms with E-state index in [1.54, 1.807) is 24.3 Å². The molecule has 0 amide bonds. The van der Waals surface area contributed by atoms with Crippen molar-refractivity contribution in [3.8, 4) is 0 Å².